The molecule has 0 spiro atoms. The maximum Gasteiger partial charge on any atom is 0.416 e. The molecule has 2 aromatic carbocycles. The fraction of sp³-hybridized carbons (Fsp3) is 0.133. The van der Waals surface area contributed by atoms with Crippen LogP contribution in [0.1, 0.15) is 5.56 Å². The van der Waals surface area contributed by atoms with Crippen molar-refractivity contribution in [2.45, 2.75) is 12.3 Å². The molecule has 0 bridgehead atoms. The van der Waals surface area contributed by atoms with E-state index in [1.165, 1.54) is 30.3 Å². The Labute approximate surface area is 150 Å². The number of azo groups is 2. The van der Waals surface area contributed by atoms with Crippen molar-refractivity contribution >= 4 is 34.6 Å². The van der Waals surface area contributed by atoms with Gasteiger partial charge in [-0.15, -0.1) is 10.2 Å². The number of halogens is 5. The zero-order valence-electron chi connectivity index (χ0n) is 12.2. The summed E-state index contributed by atoms with van der Waals surface area (Å²) >= 11 is 11.6. The molecule has 2 aromatic rings. The molecule has 0 aliphatic carbocycles. The Hall–Kier alpha value is -2.50. The molecule has 0 heterocycles. The van der Waals surface area contributed by atoms with Crippen LogP contribution >= 0.6 is 23.2 Å². The lowest BCUT2D eigenvalue weighted by atomic mass is 10.2. The largest absolute Gasteiger partial charge is 0.416 e. The van der Waals surface area contributed by atoms with Crippen molar-refractivity contribution in [1.82, 2.24) is 0 Å². The van der Waals surface area contributed by atoms with E-state index in [4.69, 9.17) is 28.5 Å². The second-order valence-corrected chi connectivity index (χ2v) is 5.48. The van der Waals surface area contributed by atoms with Gasteiger partial charge in [-0.3, -0.25) is 0 Å². The third-order valence-electron chi connectivity index (χ3n) is 2.70. The van der Waals surface area contributed by atoms with E-state index in [0.717, 1.165) is 12.1 Å². The smallest absolute Gasteiger partial charge is 0.194 e. The molecule has 128 valence electrons. The number of rotatable bonds is 4. The highest BCUT2D eigenvalue weighted by atomic mass is 35.5. The molecule has 10 heteroatoms. The molecule has 0 aliphatic heterocycles. The fourth-order valence-corrected chi connectivity index (χ4v) is 2.17. The maximum atomic E-state index is 12.6. The SMILES string of the molecule is N#CC(N=Nc1cc(Cl)cc(Cl)c1)N=Nc1cccc(C(F)(F)F)c1. The molecule has 2 rings (SSSR count). The van der Waals surface area contributed by atoms with Gasteiger partial charge in [-0.05, 0) is 36.4 Å². The normalized spacial score (nSPS) is 13.3. The van der Waals surface area contributed by atoms with Gasteiger partial charge >= 0.3 is 6.18 Å². The Morgan fingerprint density at radius 1 is 0.920 bits per heavy atom. The highest BCUT2D eigenvalue weighted by Gasteiger charge is 2.30. The summed E-state index contributed by atoms with van der Waals surface area (Å²) in [5.41, 5.74) is -0.629. The molecule has 0 fully saturated rings. The number of benzene rings is 2. The van der Waals surface area contributed by atoms with Gasteiger partial charge in [-0.2, -0.15) is 28.7 Å². The Bertz CT molecular complexity index is 839. The van der Waals surface area contributed by atoms with Crippen LogP contribution < -0.4 is 0 Å². The molecule has 1 atom stereocenters. The van der Waals surface area contributed by atoms with Crippen molar-refractivity contribution < 1.29 is 13.2 Å². The van der Waals surface area contributed by atoms with E-state index in [0.29, 0.717) is 15.7 Å². The summed E-state index contributed by atoms with van der Waals surface area (Å²) in [6.45, 7) is 0. The maximum absolute atomic E-state index is 12.6. The van der Waals surface area contributed by atoms with Crippen molar-refractivity contribution in [3.8, 4) is 6.07 Å². The van der Waals surface area contributed by atoms with Crippen molar-refractivity contribution in [2.24, 2.45) is 20.5 Å². The first kappa shape index (κ1) is 18.8. The Morgan fingerprint density at radius 2 is 1.52 bits per heavy atom. The van der Waals surface area contributed by atoms with Crippen LogP contribution in [0.5, 0.6) is 0 Å². The van der Waals surface area contributed by atoms with E-state index >= 15 is 0 Å². The standard InChI is InChI=1S/C15H8Cl2F3N5/c16-10-5-11(17)7-13(6-10)23-25-14(8-21)24-22-12-3-1-2-9(4-12)15(18,19)20/h1-7,14H. The van der Waals surface area contributed by atoms with Crippen LogP contribution in [0.4, 0.5) is 24.5 Å². The minimum Gasteiger partial charge on any atom is -0.194 e. The van der Waals surface area contributed by atoms with Crippen molar-refractivity contribution in [3.05, 3.63) is 58.1 Å². The first-order chi connectivity index (χ1) is 11.8. The lowest BCUT2D eigenvalue weighted by Gasteiger charge is -2.05. The van der Waals surface area contributed by atoms with E-state index < -0.39 is 17.9 Å². The van der Waals surface area contributed by atoms with E-state index in [9.17, 15) is 13.2 Å². The minimum absolute atomic E-state index is 0.0592. The van der Waals surface area contributed by atoms with Crippen LogP contribution in [0, 0.1) is 11.3 Å². The molecular weight excluding hydrogens is 378 g/mol. The lowest BCUT2D eigenvalue weighted by molar-refractivity contribution is -0.137. The fourth-order valence-electron chi connectivity index (χ4n) is 1.66. The van der Waals surface area contributed by atoms with Crippen molar-refractivity contribution in [3.63, 3.8) is 0 Å². The number of nitrogens with zero attached hydrogens (tertiary/aromatic N) is 5. The first-order valence-electron chi connectivity index (χ1n) is 6.62. The van der Waals surface area contributed by atoms with Gasteiger partial charge in [0.25, 0.3) is 6.17 Å². The molecule has 0 saturated heterocycles. The molecule has 1 unspecified atom stereocenters. The van der Waals surface area contributed by atoms with Gasteiger partial charge in [-0.25, -0.2) is 0 Å². The Kier molecular flexibility index (Phi) is 6.07. The van der Waals surface area contributed by atoms with Crippen LogP contribution in [-0.4, -0.2) is 6.17 Å². The van der Waals surface area contributed by atoms with Gasteiger partial charge < -0.3 is 0 Å². The number of nitriles is 1. The topological polar surface area (TPSA) is 73.2 Å². The summed E-state index contributed by atoms with van der Waals surface area (Å²) in [4.78, 5) is 0. The molecular formula is C15H8Cl2F3N5. The third-order valence-corrected chi connectivity index (χ3v) is 3.14. The van der Waals surface area contributed by atoms with Crippen LogP contribution in [0.2, 0.25) is 10.0 Å². The first-order valence-corrected chi connectivity index (χ1v) is 7.38. The predicted molar refractivity (Wildman–Crippen MR) is 86.3 cm³/mol. The summed E-state index contributed by atoms with van der Waals surface area (Å²) in [5.74, 6) is 0. The summed E-state index contributed by atoms with van der Waals surface area (Å²) in [5, 5.41) is 24.2. The molecule has 0 saturated carbocycles. The highest BCUT2D eigenvalue weighted by Crippen LogP contribution is 2.31. The monoisotopic (exact) mass is 385 g/mol. The van der Waals surface area contributed by atoms with Crippen LogP contribution in [0.25, 0.3) is 0 Å². The average molecular weight is 386 g/mol. The van der Waals surface area contributed by atoms with E-state index in [-0.39, 0.29) is 5.69 Å². The molecule has 0 aliphatic rings. The third kappa shape index (κ3) is 5.81. The van der Waals surface area contributed by atoms with Gasteiger partial charge in [0.05, 0.1) is 16.9 Å². The van der Waals surface area contributed by atoms with Gasteiger partial charge in [0.1, 0.15) is 6.07 Å². The molecule has 0 radical (unpaired) electrons. The Morgan fingerprint density at radius 3 is 2.08 bits per heavy atom. The lowest BCUT2D eigenvalue weighted by Crippen LogP contribution is -2.03. The molecule has 0 aromatic heterocycles. The number of hydrogen-bond acceptors (Lipinski definition) is 5. The van der Waals surface area contributed by atoms with Gasteiger partial charge in [0.2, 0.25) is 0 Å². The predicted octanol–water partition coefficient (Wildman–Crippen LogP) is 6.73. The van der Waals surface area contributed by atoms with Gasteiger partial charge in [-0.1, -0.05) is 29.3 Å². The summed E-state index contributed by atoms with van der Waals surface area (Å²) < 4.78 is 37.9. The van der Waals surface area contributed by atoms with Crippen molar-refractivity contribution in [1.29, 1.82) is 5.26 Å². The molecule has 0 N–H and O–H groups in total. The molecule has 0 amide bonds. The van der Waals surface area contributed by atoms with Crippen LogP contribution in [0.15, 0.2) is 62.9 Å². The van der Waals surface area contributed by atoms with E-state index in [1.54, 1.807) is 6.07 Å². The van der Waals surface area contributed by atoms with E-state index in [1.807, 2.05) is 0 Å². The highest BCUT2D eigenvalue weighted by molar-refractivity contribution is 6.35. The second-order valence-electron chi connectivity index (χ2n) is 4.61. The van der Waals surface area contributed by atoms with Crippen LogP contribution in [-0.2, 0) is 6.18 Å². The minimum atomic E-state index is -4.49. The van der Waals surface area contributed by atoms with Gasteiger partial charge in [0, 0.05) is 10.0 Å². The van der Waals surface area contributed by atoms with Crippen molar-refractivity contribution in [2.75, 3.05) is 0 Å². The number of hydrogen-bond donors (Lipinski definition) is 0. The summed E-state index contributed by atoms with van der Waals surface area (Å²) in [7, 11) is 0. The molecule has 5 nitrogen and oxygen atoms in total. The van der Waals surface area contributed by atoms with Crippen LogP contribution in [0.3, 0.4) is 0 Å². The second kappa shape index (κ2) is 8.05. The quantitative estimate of drug-likeness (QED) is 0.537. The zero-order valence-corrected chi connectivity index (χ0v) is 13.8. The number of alkyl halides is 3. The van der Waals surface area contributed by atoms with E-state index in [2.05, 4.69) is 20.5 Å². The van der Waals surface area contributed by atoms with Gasteiger partial charge in [0.15, 0.2) is 0 Å². The molecule has 25 heavy (non-hydrogen) atoms. The average Bonchev–Trinajstić information content (AvgIpc) is 2.53. The summed E-state index contributed by atoms with van der Waals surface area (Å²) in [6, 6.07) is 10.4. The Balaban J connectivity index is 2.15. The zero-order chi connectivity index (χ0) is 18.4. The summed E-state index contributed by atoms with van der Waals surface area (Å²) in [6.07, 6.45) is -5.82.